The molecule has 0 bridgehead atoms. The Bertz CT molecular complexity index is 1030. The van der Waals surface area contributed by atoms with E-state index in [-0.39, 0.29) is 12.1 Å². The molecule has 0 N–H and O–H groups in total. The highest BCUT2D eigenvalue weighted by molar-refractivity contribution is 5.37. The Hall–Kier alpha value is -3.51. The molecule has 0 atom stereocenters. The van der Waals surface area contributed by atoms with Gasteiger partial charge in [-0.2, -0.15) is 40.7 Å². The lowest BCUT2D eigenvalue weighted by Gasteiger charge is -2.13. The van der Waals surface area contributed by atoms with E-state index in [2.05, 4.69) is 9.97 Å². The summed E-state index contributed by atoms with van der Waals surface area (Å²) < 4.78 is 128. The minimum Gasteiger partial charge on any atom is -0.436 e. The number of alkyl halides is 6. The fraction of sp³-hybridized carbons (Fsp3) is 0.111. The number of hydrogen-bond donors (Lipinski definition) is 0. The Morgan fingerprint density at radius 3 is 1.35 bits per heavy atom. The minimum absolute atomic E-state index is 0.257. The van der Waals surface area contributed by atoms with Gasteiger partial charge in [0.25, 0.3) is 11.8 Å². The van der Waals surface area contributed by atoms with Crippen LogP contribution in [0, 0.1) is 17.5 Å². The molecular weight excluding hydrogens is 447 g/mol. The molecule has 0 amide bonds. The van der Waals surface area contributed by atoms with Crippen molar-refractivity contribution in [3.8, 4) is 23.3 Å². The summed E-state index contributed by atoms with van der Waals surface area (Å²) in [5.74, 6) is -7.87. The van der Waals surface area contributed by atoms with Crippen molar-refractivity contribution in [1.29, 1.82) is 0 Å². The van der Waals surface area contributed by atoms with E-state index in [1.54, 1.807) is 0 Å². The van der Waals surface area contributed by atoms with Gasteiger partial charge in [0.05, 0.1) is 11.1 Å². The molecule has 164 valence electrons. The van der Waals surface area contributed by atoms with Crippen LogP contribution in [-0.2, 0) is 12.4 Å². The van der Waals surface area contributed by atoms with Crippen LogP contribution in [-0.4, -0.2) is 9.97 Å². The van der Waals surface area contributed by atoms with E-state index in [1.165, 1.54) is 0 Å². The summed E-state index contributed by atoms with van der Waals surface area (Å²) in [4.78, 5) is 6.72. The van der Waals surface area contributed by atoms with Crippen molar-refractivity contribution in [2.45, 2.75) is 12.4 Å². The first kappa shape index (κ1) is 22.2. The van der Waals surface area contributed by atoms with Gasteiger partial charge in [0.1, 0.15) is 29.5 Å². The van der Waals surface area contributed by atoms with E-state index in [0.29, 0.717) is 18.5 Å². The number of ether oxygens (including phenoxy) is 2. The number of nitrogens with zero attached hydrogens (tertiary/aromatic N) is 2. The molecule has 3 rings (SSSR count). The van der Waals surface area contributed by atoms with Crippen LogP contribution in [0.1, 0.15) is 11.1 Å². The quantitative estimate of drug-likeness (QED) is 0.422. The van der Waals surface area contributed by atoms with Crippen molar-refractivity contribution in [2.75, 3.05) is 0 Å². The van der Waals surface area contributed by atoms with Crippen LogP contribution in [0.15, 0.2) is 42.7 Å². The smallest absolute Gasteiger partial charge is 0.419 e. The first-order valence-electron chi connectivity index (χ1n) is 7.96. The van der Waals surface area contributed by atoms with E-state index in [4.69, 9.17) is 9.47 Å². The molecule has 0 fully saturated rings. The summed E-state index contributed by atoms with van der Waals surface area (Å²) in [6, 6.07) is 2.92. The van der Waals surface area contributed by atoms with Crippen molar-refractivity contribution >= 4 is 0 Å². The Balaban J connectivity index is 1.90. The number of halogens is 9. The number of rotatable bonds is 4. The average molecular weight is 454 g/mol. The van der Waals surface area contributed by atoms with Crippen LogP contribution in [0.3, 0.4) is 0 Å². The second-order valence-corrected chi connectivity index (χ2v) is 5.78. The van der Waals surface area contributed by atoms with Gasteiger partial charge in [-0.25, -0.2) is 8.78 Å². The molecule has 4 nitrogen and oxygen atoms in total. The van der Waals surface area contributed by atoms with Gasteiger partial charge in [-0.15, -0.1) is 0 Å². The predicted octanol–water partition coefficient (Wildman–Crippen LogP) is 6.52. The Morgan fingerprint density at radius 1 is 0.613 bits per heavy atom. The standard InChI is InChI=1S/C18H7F9N2O2/c19-12-3-1-8(5-10(12)17(22,23)24)30-15-14(21)16(29-7-28-15)31-9-2-4-13(20)11(6-9)18(25,26)27/h1-7H. The fourth-order valence-corrected chi connectivity index (χ4v) is 2.27. The van der Waals surface area contributed by atoms with E-state index < -0.39 is 64.2 Å². The van der Waals surface area contributed by atoms with Gasteiger partial charge < -0.3 is 9.47 Å². The first-order valence-corrected chi connectivity index (χ1v) is 7.96. The van der Waals surface area contributed by atoms with Crippen LogP contribution in [0.4, 0.5) is 39.5 Å². The van der Waals surface area contributed by atoms with Crippen molar-refractivity contribution in [2.24, 2.45) is 0 Å². The maximum Gasteiger partial charge on any atom is 0.419 e. The second kappa shape index (κ2) is 7.96. The zero-order chi connectivity index (χ0) is 23.0. The van der Waals surface area contributed by atoms with Gasteiger partial charge in [0, 0.05) is 0 Å². The van der Waals surface area contributed by atoms with Gasteiger partial charge in [0.2, 0.25) is 5.82 Å². The topological polar surface area (TPSA) is 44.2 Å². The third-order valence-electron chi connectivity index (χ3n) is 3.64. The van der Waals surface area contributed by atoms with Gasteiger partial charge in [0.15, 0.2) is 0 Å². The normalized spacial score (nSPS) is 12.0. The molecular formula is C18H7F9N2O2. The maximum absolute atomic E-state index is 14.5. The minimum atomic E-state index is -5.05. The van der Waals surface area contributed by atoms with Crippen LogP contribution in [0.25, 0.3) is 0 Å². The molecule has 13 heteroatoms. The van der Waals surface area contributed by atoms with Crippen LogP contribution in [0.5, 0.6) is 23.3 Å². The average Bonchev–Trinajstić information content (AvgIpc) is 2.66. The van der Waals surface area contributed by atoms with E-state index in [1.807, 2.05) is 0 Å². The molecule has 2 aromatic carbocycles. The highest BCUT2D eigenvalue weighted by atomic mass is 19.4. The molecule has 1 aromatic heterocycles. The molecule has 0 saturated heterocycles. The second-order valence-electron chi connectivity index (χ2n) is 5.78. The molecule has 31 heavy (non-hydrogen) atoms. The fourth-order valence-electron chi connectivity index (χ4n) is 2.27. The summed E-state index contributed by atoms with van der Waals surface area (Å²) in [5, 5.41) is 0. The first-order chi connectivity index (χ1) is 14.4. The lowest BCUT2D eigenvalue weighted by atomic mass is 10.2. The van der Waals surface area contributed by atoms with E-state index in [0.717, 1.165) is 12.1 Å². The molecule has 0 radical (unpaired) electrons. The molecule has 0 aliphatic rings. The highest BCUT2D eigenvalue weighted by Crippen LogP contribution is 2.37. The third kappa shape index (κ3) is 4.98. The lowest BCUT2D eigenvalue weighted by Crippen LogP contribution is -2.08. The molecule has 0 spiro atoms. The largest absolute Gasteiger partial charge is 0.436 e. The summed E-state index contributed by atoms with van der Waals surface area (Å²) in [6.45, 7) is 0. The highest BCUT2D eigenvalue weighted by Gasteiger charge is 2.35. The number of benzene rings is 2. The van der Waals surface area contributed by atoms with Crippen LogP contribution in [0.2, 0.25) is 0 Å². The summed E-state index contributed by atoms with van der Waals surface area (Å²) >= 11 is 0. The molecule has 0 aliphatic carbocycles. The monoisotopic (exact) mass is 454 g/mol. The Morgan fingerprint density at radius 2 is 1.00 bits per heavy atom. The third-order valence-corrected chi connectivity index (χ3v) is 3.64. The molecule has 3 aromatic rings. The zero-order valence-electron chi connectivity index (χ0n) is 14.7. The maximum atomic E-state index is 14.5. The zero-order valence-corrected chi connectivity index (χ0v) is 14.7. The molecule has 1 heterocycles. The SMILES string of the molecule is Fc1ccc(Oc2ncnc(Oc3ccc(F)c(C(F)(F)F)c3)c2F)cc1C(F)(F)F. The predicted molar refractivity (Wildman–Crippen MR) is 84.9 cm³/mol. The Kier molecular flexibility index (Phi) is 5.70. The Labute approximate surface area is 166 Å². The molecule has 0 saturated carbocycles. The van der Waals surface area contributed by atoms with Gasteiger partial charge >= 0.3 is 12.4 Å². The summed E-state index contributed by atoms with van der Waals surface area (Å²) in [6.07, 6.45) is -9.46. The van der Waals surface area contributed by atoms with Crippen molar-refractivity contribution in [1.82, 2.24) is 9.97 Å². The number of aromatic nitrogens is 2. The van der Waals surface area contributed by atoms with Gasteiger partial charge in [-0.3, -0.25) is 0 Å². The van der Waals surface area contributed by atoms with E-state index in [9.17, 15) is 39.5 Å². The van der Waals surface area contributed by atoms with Crippen molar-refractivity contribution < 1.29 is 49.0 Å². The summed E-state index contributed by atoms with van der Waals surface area (Å²) in [7, 11) is 0. The lowest BCUT2D eigenvalue weighted by molar-refractivity contribution is -0.140. The molecule has 0 unspecified atom stereocenters. The van der Waals surface area contributed by atoms with Crippen molar-refractivity contribution in [3.63, 3.8) is 0 Å². The summed E-state index contributed by atoms with van der Waals surface area (Å²) in [5.41, 5.74) is -3.36. The van der Waals surface area contributed by atoms with Gasteiger partial charge in [-0.05, 0) is 36.4 Å². The number of hydrogen-bond acceptors (Lipinski definition) is 4. The molecule has 0 aliphatic heterocycles. The van der Waals surface area contributed by atoms with Crippen LogP contribution >= 0.6 is 0 Å². The van der Waals surface area contributed by atoms with E-state index >= 15 is 0 Å². The van der Waals surface area contributed by atoms with Crippen molar-refractivity contribution in [3.05, 3.63) is 71.3 Å². The van der Waals surface area contributed by atoms with Crippen LogP contribution < -0.4 is 9.47 Å². The van der Waals surface area contributed by atoms with Gasteiger partial charge in [-0.1, -0.05) is 0 Å².